The molecule has 1 aromatic rings. The Labute approximate surface area is 131 Å². The third kappa shape index (κ3) is 4.04. The van der Waals surface area contributed by atoms with Crippen molar-refractivity contribution in [2.75, 3.05) is 26.2 Å². The zero-order valence-electron chi connectivity index (χ0n) is 13.4. The summed E-state index contributed by atoms with van der Waals surface area (Å²) in [6.07, 6.45) is 3.50. The summed E-state index contributed by atoms with van der Waals surface area (Å²) in [7, 11) is 0. The zero-order valence-corrected chi connectivity index (χ0v) is 13.4. The van der Waals surface area contributed by atoms with E-state index < -0.39 is 5.41 Å². The summed E-state index contributed by atoms with van der Waals surface area (Å²) in [5, 5.41) is 6.02. The molecule has 2 rings (SSSR count). The molecule has 0 spiro atoms. The van der Waals surface area contributed by atoms with E-state index in [1.807, 2.05) is 37.8 Å². The number of piperazine rings is 1. The van der Waals surface area contributed by atoms with E-state index in [9.17, 15) is 9.59 Å². The lowest BCUT2D eigenvalue weighted by Gasteiger charge is -2.36. The molecule has 1 aromatic heterocycles. The van der Waals surface area contributed by atoms with Gasteiger partial charge in [-0.15, -0.1) is 0 Å². The lowest BCUT2D eigenvalue weighted by atomic mass is 9.96. The molecule has 0 radical (unpaired) electrons. The predicted octanol–water partition coefficient (Wildman–Crippen LogP) is 0.717. The molecule has 1 atom stereocenters. The summed E-state index contributed by atoms with van der Waals surface area (Å²) >= 11 is 0. The highest BCUT2D eigenvalue weighted by Crippen LogP contribution is 2.21. The molecule has 22 heavy (non-hydrogen) atoms. The summed E-state index contributed by atoms with van der Waals surface area (Å²) in [5.41, 5.74) is 0.511. The highest BCUT2D eigenvalue weighted by atomic mass is 16.2. The van der Waals surface area contributed by atoms with E-state index in [1.165, 1.54) is 0 Å². The van der Waals surface area contributed by atoms with Crippen LogP contribution in [0.4, 0.5) is 0 Å². The summed E-state index contributed by atoms with van der Waals surface area (Å²) < 4.78 is 0. The van der Waals surface area contributed by atoms with Crippen molar-refractivity contribution in [3.8, 4) is 0 Å². The number of nitrogens with one attached hydrogen (secondary N) is 2. The molecular formula is C16H24N4O2. The minimum absolute atomic E-state index is 0.0346. The van der Waals surface area contributed by atoms with Gasteiger partial charge in [-0.2, -0.15) is 0 Å². The van der Waals surface area contributed by atoms with Crippen LogP contribution in [-0.4, -0.2) is 47.9 Å². The standard InChI is InChI=1S/C16H24N4O2/c1-16(2,3)15(22)19-11-14(21)20-8-7-18-10-13(20)12-5-4-6-17-9-12/h4-6,9,13,18H,7-8,10-11H2,1-3H3,(H,19,22). The van der Waals surface area contributed by atoms with Gasteiger partial charge >= 0.3 is 0 Å². The van der Waals surface area contributed by atoms with Crippen LogP contribution >= 0.6 is 0 Å². The lowest BCUT2D eigenvalue weighted by molar-refractivity contribution is -0.137. The Hall–Kier alpha value is -1.95. The number of pyridine rings is 1. The second-order valence-corrected chi connectivity index (χ2v) is 6.53. The van der Waals surface area contributed by atoms with E-state index in [1.54, 1.807) is 12.4 Å². The normalized spacial score (nSPS) is 18.9. The number of hydrogen-bond acceptors (Lipinski definition) is 4. The maximum absolute atomic E-state index is 12.5. The van der Waals surface area contributed by atoms with E-state index in [0.717, 1.165) is 12.1 Å². The van der Waals surface area contributed by atoms with E-state index in [-0.39, 0.29) is 24.4 Å². The number of nitrogens with zero attached hydrogens (tertiary/aromatic N) is 2. The van der Waals surface area contributed by atoms with E-state index in [4.69, 9.17) is 0 Å². The smallest absolute Gasteiger partial charge is 0.242 e. The van der Waals surface area contributed by atoms with Gasteiger partial charge in [-0.05, 0) is 11.6 Å². The summed E-state index contributed by atoms with van der Waals surface area (Å²) in [4.78, 5) is 30.3. The van der Waals surface area contributed by atoms with Gasteiger partial charge in [0.1, 0.15) is 0 Å². The van der Waals surface area contributed by atoms with Crippen molar-refractivity contribution in [1.82, 2.24) is 20.5 Å². The van der Waals surface area contributed by atoms with Crippen molar-refractivity contribution in [3.05, 3.63) is 30.1 Å². The van der Waals surface area contributed by atoms with Crippen LogP contribution in [0.1, 0.15) is 32.4 Å². The van der Waals surface area contributed by atoms with Gasteiger partial charge in [0.15, 0.2) is 0 Å². The van der Waals surface area contributed by atoms with Gasteiger partial charge in [0.05, 0.1) is 12.6 Å². The molecule has 6 heteroatoms. The SMILES string of the molecule is CC(C)(C)C(=O)NCC(=O)N1CCNCC1c1cccnc1. The quantitative estimate of drug-likeness (QED) is 0.863. The van der Waals surface area contributed by atoms with Crippen molar-refractivity contribution in [2.24, 2.45) is 5.41 Å². The average Bonchev–Trinajstić information content (AvgIpc) is 2.52. The fourth-order valence-corrected chi connectivity index (χ4v) is 2.40. The molecule has 0 aliphatic carbocycles. The maximum Gasteiger partial charge on any atom is 0.242 e. The predicted molar refractivity (Wildman–Crippen MR) is 84.0 cm³/mol. The number of aromatic nitrogens is 1. The summed E-state index contributed by atoms with van der Waals surface area (Å²) in [6.45, 7) is 7.61. The first-order chi connectivity index (χ1) is 10.4. The third-order valence-corrected chi connectivity index (χ3v) is 3.71. The molecule has 2 N–H and O–H groups in total. The van der Waals surface area contributed by atoms with Crippen LogP contribution in [0.25, 0.3) is 0 Å². The van der Waals surface area contributed by atoms with Crippen molar-refractivity contribution >= 4 is 11.8 Å². The first-order valence-corrected chi connectivity index (χ1v) is 7.58. The first kappa shape index (κ1) is 16.4. The molecule has 1 saturated heterocycles. The van der Waals surface area contributed by atoms with Gasteiger partial charge < -0.3 is 15.5 Å². The van der Waals surface area contributed by atoms with E-state index >= 15 is 0 Å². The molecule has 2 amide bonds. The highest BCUT2D eigenvalue weighted by molar-refractivity contribution is 5.87. The number of hydrogen-bond donors (Lipinski definition) is 2. The van der Waals surface area contributed by atoms with Crippen LogP contribution < -0.4 is 10.6 Å². The van der Waals surface area contributed by atoms with Crippen LogP contribution in [0.2, 0.25) is 0 Å². The Morgan fingerprint density at radius 3 is 2.86 bits per heavy atom. The van der Waals surface area contributed by atoms with Gasteiger partial charge in [0.25, 0.3) is 0 Å². The van der Waals surface area contributed by atoms with Gasteiger partial charge in [-0.3, -0.25) is 14.6 Å². The van der Waals surface area contributed by atoms with Crippen molar-refractivity contribution < 1.29 is 9.59 Å². The molecule has 1 unspecified atom stereocenters. The Kier molecular flexibility index (Phi) is 5.13. The Balaban J connectivity index is 2.02. The molecule has 1 aliphatic rings. The molecule has 1 aliphatic heterocycles. The fourth-order valence-electron chi connectivity index (χ4n) is 2.40. The topological polar surface area (TPSA) is 74.3 Å². The molecular weight excluding hydrogens is 280 g/mol. The fraction of sp³-hybridized carbons (Fsp3) is 0.562. The summed E-state index contributed by atoms with van der Waals surface area (Å²) in [6, 6.07) is 3.80. The molecule has 0 bridgehead atoms. The van der Waals surface area contributed by atoms with Gasteiger partial charge in [-0.25, -0.2) is 0 Å². The molecule has 120 valence electrons. The van der Waals surface area contributed by atoms with Crippen molar-refractivity contribution in [1.29, 1.82) is 0 Å². The van der Waals surface area contributed by atoms with Crippen molar-refractivity contribution in [2.45, 2.75) is 26.8 Å². The number of amides is 2. The van der Waals surface area contributed by atoms with Crippen LogP contribution in [0.5, 0.6) is 0 Å². The molecule has 0 aromatic carbocycles. The second kappa shape index (κ2) is 6.87. The maximum atomic E-state index is 12.5. The largest absolute Gasteiger partial charge is 0.347 e. The minimum Gasteiger partial charge on any atom is -0.347 e. The van der Waals surface area contributed by atoms with Crippen LogP contribution in [0, 0.1) is 5.41 Å². The third-order valence-electron chi connectivity index (χ3n) is 3.71. The number of carbonyl (C=O) groups is 2. The number of carbonyl (C=O) groups excluding carboxylic acids is 2. The highest BCUT2D eigenvalue weighted by Gasteiger charge is 2.29. The second-order valence-electron chi connectivity index (χ2n) is 6.53. The molecule has 2 heterocycles. The van der Waals surface area contributed by atoms with Crippen LogP contribution in [0.15, 0.2) is 24.5 Å². The summed E-state index contributed by atoms with van der Waals surface area (Å²) in [5.74, 6) is -0.179. The monoisotopic (exact) mass is 304 g/mol. The van der Waals surface area contributed by atoms with Crippen molar-refractivity contribution in [3.63, 3.8) is 0 Å². The van der Waals surface area contributed by atoms with Crippen LogP contribution in [-0.2, 0) is 9.59 Å². The first-order valence-electron chi connectivity index (χ1n) is 7.58. The average molecular weight is 304 g/mol. The van der Waals surface area contributed by atoms with Gasteiger partial charge in [-0.1, -0.05) is 26.8 Å². The molecule has 0 saturated carbocycles. The molecule has 1 fully saturated rings. The van der Waals surface area contributed by atoms with E-state index in [0.29, 0.717) is 13.1 Å². The Bertz CT molecular complexity index is 525. The van der Waals surface area contributed by atoms with Gasteiger partial charge in [0, 0.05) is 37.4 Å². The lowest BCUT2D eigenvalue weighted by Crippen LogP contribution is -2.52. The van der Waals surface area contributed by atoms with E-state index in [2.05, 4.69) is 15.6 Å². The Morgan fingerprint density at radius 2 is 2.23 bits per heavy atom. The zero-order chi connectivity index (χ0) is 16.2. The van der Waals surface area contributed by atoms with Crippen LogP contribution in [0.3, 0.4) is 0 Å². The van der Waals surface area contributed by atoms with Gasteiger partial charge in [0.2, 0.25) is 11.8 Å². The Morgan fingerprint density at radius 1 is 1.45 bits per heavy atom. The number of rotatable bonds is 3. The molecule has 6 nitrogen and oxygen atoms in total. The minimum atomic E-state index is -0.494.